The third kappa shape index (κ3) is 4.11. The van der Waals surface area contributed by atoms with Gasteiger partial charge in [-0.05, 0) is 52.9 Å². The third-order valence-electron chi connectivity index (χ3n) is 3.47. The van der Waals surface area contributed by atoms with E-state index in [1.165, 1.54) is 12.8 Å². The predicted octanol–water partition coefficient (Wildman–Crippen LogP) is 3.13. The number of methoxy groups -OCH3 is 2. The summed E-state index contributed by atoms with van der Waals surface area (Å²) in [7, 11) is 3.29. The predicted molar refractivity (Wildman–Crippen MR) is 82.5 cm³/mol. The maximum atomic E-state index is 5.70. The zero-order chi connectivity index (χ0) is 14.4. The van der Waals surface area contributed by atoms with Gasteiger partial charge in [0.2, 0.25) is 0 Å². The largest absolute Gasteiger partial charge is 0.493 e. The fourth-order valence-electron chi connectivity index (χ4n) is 2.42. The van der Waals surface area contributed by atoms with Crippen molar-refractivity contribution in [2.75, 3.05) is 27.4 Å². The highest BCUT2D eigenvalue weighted by atomic mass is 79.9. The minimum atomic E-state index is 0.354. The van der Waals surface area contributed by atoms with Gasteiger partial charge in [-0.3, -0.25) is 0 Å². The molecule has 1 fully saturated rings. The smallest absolute Gasteiger partial charge is 0.174 e. The molecular weight excluding hydrogens is 322 g/mol. The number of hydrogen-bond acceptors (Lipinski definition) is 4. The Bertz CT molecular complexity index is 433. The topological polar surface area (TPSA) is 39.7 Å². The zero-order valence-electron chi connectivity index (χ0n) is 12.1. The first-order valence-electron chi connectivity index (χ1n) is 6.97. The number of ether oxygens (including phenoxy) is 3. The molecule has 1 heterocycles. The van der Waals surface area contributed by atoms with Crippen molar-refractivity contribution in [3.63, 3.8) is 0 Å². The molecule has 0 radical (unpaired) electrons. The maximum Gasteiger partial charge on any atom is 0.174 e. The van der Waals surface area contributed by atoms with Crippen LogP contribution in [0.3, 0.4) is 0 Å². The molecule has 4 nitrogen and oxygen atoms in total. The molecule has 1 N–H and O–H groups in total. The summed E-state index contributed by atoms with van der Waals surface area (Å²) >= 11 is 3.51. The highest BCUT2D eigenvalue weighted by Gasteiger charge is 2.14. The van der Waals surface area contributed by atoms with Crippen molar-refractivity contribution in [2.45, 2.75) is 31.9 Å². The Morgan fingerprint density at radius 3 is 2.80 bits per heavy atom. The van der Waals surface area contributed by atoms with Crippen molar-refractivity contribution in [1.82, 2.24) is 5.32 Å². The number of halogens is 1. The Hall–Kier alpha value is -0.780. The molecule has 112 valence electrons. The van der Waals surface area contributed by atoms with Crippen LogP contribution in [0.4, 0.5) is 0 Å². The van der Waals surface area contributed by atoms with Crippen molar-refractivity contribution in [3.8, 4) is 11.5 Å². The number of nitrogens with one attached hydrogen (secondary N) is 1. The molecule has 0 aliphatic carbocycles. The van der Waals surface area contributed by atoms with Gasteiger partial charge in [-0.15, -0.1) is 0 Å². The highest BCUT2D eigenvalue weighted by molar-refractivity contribution is 9.10. The molecular formula is C15H22BrNO3. The van der Waals surface area contributed by atoms with Gasteiger partial charge in [-0.1, -0.05) is 0 Å². The van der Waals surface area contributed by atoms with E-state index in [0.29, 0.717) is 6.10 Å². The van der Waals surface area contributed by atoms with E-state index in [0.717, 1.165) is 47.7 Å². The standard InChI is InChI=1S/C15H22BrNO3/c1-18-14-8-11(7-13(16)15(14)19-2)9-17-10-12-5-3-4-6-20-12/h7-8,12,17H,3-6,9-10H2,1-2H3. The second-order valence-electron chi connectivity index (χ2n) is 4.93. The van der Waals surface area contributed by atoms with Crippen molar-refractivity contribution in [2.24, 2.45) is 0 Å². The normalized spacial score (nSPS) is 18.9. The SMILES string of the molecule is COc1cc(CNCC2CCCCO2)cc(Br)c1OC. The third-order valence-corrected chi connectivity index (χ3v) is 4.06. The molecule has 1 aliphatic heterocycles. The van der Waals surface area contributed by atoms with Gasteiger partial charge in [0.1, 0.15) is 0 Å². The summed E-state index contributed by atoms with van der Waals surface area (Å²) in [4.78, 5) is 0. The van der Waals surface area contributed by atoms with Gasteiger partial charge in [0.05, 0.1) is 24.8 Å². The van der Waals surface area contributed by atoms with Gasteiger partial charge in [-0.2, -0.15) is 0 Å². The Labute approximate surface area is 128 Å². The second kappa shape index (κ2) is 7.86. The molecule has 0 bridgehead atoms. The fourth-order valence-corrected chi connectivity index (χ4v) is 3.07. The van der Waals surface area contributed by atoms with Crippen LogP contribution in [0.1, 0.15) is 24.8 Å². The monoisotopic (exact) mass is 343 g/mol. The lowest BCUT2D eigenvalue weighted by molar-refractivity contribution is 0.0168. The van der Waals surface area contributed by atoms with E-state index in [1.807, 2.05) is 6.07 Å². The van der Waals surface area contributed by atoms with Crippen LogP contribution in [-0.2, 0) is 11.3 Å². The van der Waals surface area contributed by atoms with Crippen LogP contribution in [-0.4, -0.2) is 33.5 Å². The molecule has 2 rings (SSSR count). The van der Waals surface area contributed by atoms with E-state index in [2.05, 4.69) is 27.3 Å². The van der Waals surface area contributed by atoms with Crippen molar-refractivity contribution < 1.29 is 14.2 Å². The molecule has 0 aromatic heterocycles. The van der Waals surface area contributed by atoms with Gasteiger partial charge in [0.25, 0.3) is 0 Å². The molecule has 1 aromatic carbocycles. The van der Waals surface area contributed by atoms with Crippen LogP contribution < -0.4 is 14.8 Å². The molecule has 0 spiro atoms. The molecule has 5 heteroatoms. The highest BCUT2D eigenvalue weighted by Crippen LogP contribution is 2.36. The van der Waals surface area contributed by atoms with E-state index in [9.17, 15) is 0 Å². The number of rotatable bonds is 6. The lowest BCUT2D eigenvalue weighted by Gasteiger charge is -2.23. The average molecular weight is 344 g/mol. The van der Waals surface area contributed by atoms with E-state index < -0.39 is 0 Å². The van der Waals surface area contributed by atoms with Gasteiger partial charge in [0.15, 0.2) is 11.5 Å². The summed E-state index contributed by atoms with van der Waals surface area (Å²) in [5, 5.41) is 3.45. The number of hydrogen-bond donors (Lipinski definition) is 1. The van der Waals surface area contributed by atoms with E-state index in [4.69, 9.17) is 14.2 Å². The zero-order valence-corrected chi connectivity index (χ0v) is 13.7. The van der Waals surface area contributed by atoms with Crippen LogP contribution >= 0.6 is 15.9 Å². The Kier molecular flexibility index (Phi) is 6.13. The lowest BCUT2D eigenvalue weighted by Crippen LogP contribution is -2.31. The summed E-state index contributed by atoms with van der Waals surface area (Å²) in [6, 6.07) is 4.05. The van der Waals surface area contributed by atoms with Crippen LogP contribution in [0.5, 0.6) is 11.5 Å². The second-order valence-corrected chi connectivity index (χ2v) is 5.79. The summed E-state index contributed by atoms with van der Waals surface area (Å²) < 4.78 is 17.3. The first-order valence-corrected chi connectivity index (χ1v) is 7.76. The van der Waals surface area contributed by atoms with Gasteiger partial charge < -0.3 is 19.5 Å². The molecule has 1 aliphatic rings. The maximum absolute atomic E-state index is 5.70. The van der Waals surface area contributed by atoms with Crippen LogP contribution in [0.25, 0.3) is 0 Å². The van der Waals surface area contributed by atoms with E-state index in [1.54, 1.807) is 14.2 Å². The number of benzene rings is 1. The quantitative estimate of drug-likeness (QED) is 0.861. The lowest BCUT2D eigenvalue weighted by atomic mass is 10.1. The van der Waals surface area contributed by atoms with Crippen molar-refractivity contribution in [1.29, 1.82) is 0 Å². The molecule has 1 aromatic rings. The molecule has 1 saturated heterocycles. The fraction of sp³-hybridized carbons (Fsp3) is 0.600. The molecule has 0 saturated carbocycles. The molecule has 0 amide bonds. The molecule has 1 unspecified atom stereocenters. The minimum absolute atomic E-state index is 0.354. The Morgan fingerprint density at radius 1 is 1.30 bits per heavy atom. The summed E-state index contributed by atoms with van der Waals surface area (Å²) in [6.07, 6.45) is 3.98. The van der Waals surface area contributed by atoms with E-state index >= 15 is 0 Å². The first kappa shape index (κ1) is 15.6. The molecule has 1 atom stereocenters. The van der Waals surface area contributed by atoms with Crippen LogP contribution in [0.2, 0.25) is 0 Å². The Balaban J connectivity index is 1.90. The van der Waals surface area contributed by atoms with Crippen molar-refractivity contribution >= 4 is 15.9 Å². The summed E-state index contributed by atoms with van der Waals surface area (Å²) in [5.41, 5.74) is 1.16. The Morgan fingerprint density at radius 2 is 2.15 bits per heavy atom. The van der Waals surface area contributed by atoms with E-state index in [-0.39, 0.29) is 0 Å². The van der Waals surface area contributed by atoms with Gasteiger partial charge in [0, 0.05) is 19.7 Å². The average Bonchev–Trinajstić information content (AvgIpc) is 2.47. The van der Waals surface area contributed by atoms with Gasteiger partial charge >= 0.3 is 0 Å². The minimum Gasteiger partial charge on any atom is -0.493 e. The summed E-state index contributed by atoms with van der Waals surface area (Å²) in [6.45, 7) is 2.58. The van der Waals surface area contributed by atoms with Crippen LogP contribution in [0.15, 0.2) is 16.6 Å². The molecule has 20 heavy (non-hydrogen) atoms. The van der Waals surface area contributed by atoms with Crippen LogP contribution in [0, 0.1) is 0 Å². The first-order chi connectivity index (χ1) is 9.74. The van der Waals surface area contributed by atoms with Crippen molar-refractivity contribution in [3.05, 3.63) is 22.2 Å². The summed E-state index contributed by atoms with van der Waals surface area (Å²) in [5.74, 6) is 1.47. The van der Waals surface area contributed by atoms with Gasteiger partial charge in [-0.25, -0.2) is 0 Å².